The molecule has 18 heavy (non-hydrogen) atoms. The molecule has 6 heteroatoms. The Bertz CT molecular complexity index is 489. The normalized spacial score (nSPS) is 11.5. The molecule has 0 spiro atoms. The average molecular weight is 308 g/mol. The molecule has 0 amide bonds. The fourth-order valence-electron chi connectivity index (χ4n) is 1.41. The van der Waals surface area contributed by atoms with E-state index in [4.69, 9.17) is 11.6 Å². The first-order chi connectivity index (χ1) is 8.45. The maximum Gasteiger partial charge on any atom is 0.175 e. The molecule has 0 saturated heterocycles. The molecule has 0 unspecified atom stereocenters. The van der Waals surface area contributed by atoms with Gasteiger partial charge in [-0.05, 0) is 36.1 Å². The number of sulfone groups is 1. The third-order valence-corrected chi connectivity index (χ3v) is 4.78. The predicted octanol–water partition coefficient (Wildman–Crippen LogP) is 3.30. The van der Waals surface area contributed by atoms with Gasteiger partial charge in [-0.1, -0.05) is 18.5 Å². The smallest absolute Gasteiger partial charge is 0.175 e. The van der Waals surface area contributed by atoms with Crippen molar-refractivity contribution in [2.75, 3.05) is 29.6 Å². The van der Waals surface area contributed by atoms with Crippen LogP contribution in [0.2, 0.25) is 5.02 Å². The van der Waals surface area contributed by atoms with E-state index in [0.717, 1.165) is 24.5 Å². The second-order valence-corrected chi connectivity index (χ2v) is 7.71. The maximum absolute atomic E-state index is 11.4. The lowest BCUT2D eigenvalue weighted by Crippen LogP contribution is -2.05. The summed E-state index contributed by atoms with van der Waals surface area (Å²) in [5.74, 6) is 2.21. The SMILES string of the molecule is CCSCCCNc1cc(S(C)(=O)=O)ccc1Cl. The molecule has 1 aromatic rings. The number of hydrogen-bond acceptors (Lipinski definition) is 4. The van der Waals surface area contributed by atoms with Gasteiger partial charge in [0.1, 0.15) is 0 Å². The molecular weight excluding hydrogens is 290 g/mol. The zero-order chi connectivity index (χ0) is 13.6. The van der Waals surface area contributed by atoms with Crippen LogP contribution in [0.25, 0.3) is 0 Å². The first-order valence-electron chi connectivity index (χ1n) is 5.76. The second kappa shape index (κ2) is 7.26. The maximum atomic E-state index is 11.4. The summed E-state index contributed by atoms with van der Waals surface area (Å²) in [6, 6.07) is 4.72. The van der Waals surface area contributed by atoms with Crippen molar-refractivity contribution in [1.82, 2.24) is 0 Å². The Balaban J connectivity index is 2.65. The summed E-state index contributed by atoms with van der Waals surface area (Å²) < 4.78 is 22.9. The summed E-state index contributed by atoms with van der Waals surface area (Å²) in [6.07, 6.45) is 2.22. The molecule has 0 aromatic heterocycles. The van der Waals surface area contributed by atoms with Crippen LogP contribution in [-0.2, 0) is 9.84 Å². The second-order valence-electron chi connectivity index (χ2n) is 3.89. The number of halogens is 1. The largest absolute Gasteiger partial charge is 0.384 e. The summed E-state index contributed by atoms with van der Waals surface area (Å²) in [7, 11) is -3.18. The third-order valence-electron chi connectivity index (χ3n) is 2.35. The van der Waals surface area contributed by atoms with E-state index in [0.29, 0.717) is 10.7 Å². The van der Waals surface area contributed by atoms with Crippen molar-refractivity contribution in [3.8, 4) is 0 Å². The molecule has 3 nitrogen and oxygen atoms in total. The molecule has 0 bridgehead atoms. The van der Waals surface area contributed by atoms with Crippen LogP contribution in [0.15, 0.2) is 23.1 Å². The number of benzene rings is 1. The molecule has 1 N–H and O–H groups in total. The molecule has 0 fully saturated rings. The summed E-state index contributed by atoms with van der Waals surface area (Å²) in [5, 5.41) is 3.72. The van der Waals surface area contributed by atoms with Gasteiger partial charge in [-0.25, -0.2) is 8.42 Å². The third kappa shape index (κ3) is 5.08. The highest BCUT2D eigenvalue weighted by Crippen LogP contribution is 2.25. The molecule has 0 aliphatic heterocycles. The van der Waals surface area contributed by atoms with E-state index in [-0.39, 0.29) is 4.90 Å². The average Bonchev–Trinajstić information content (AvgIpc) is 2.29. The first kappa shape index (κ1) is 15.7. The van der Waals surface area contributed by atoms with Crippen LogP contribution in [0.3, 0.4) is 0 Å². The molecule has 0 aliphatic carbocycles. The van der Waals surface area contributed by atoms with Crippen molar-refractivity contribution < 1.29 is 8.42 Å². The van der Waals surface area contributed by atoms with Gasteiger partial charge < -0.3 is 5.32 Å². The molecule has 0 atom stereocenters. The van der Waals surface area contributed by atoms with Gasteiger partial charge in [0.15, 0.2) is 9.84 Å². The minimum atomic E-state index is -3.18. The van der Waals surface area contributed by atoms with Gasteiger partial charge in [-0.15, -0.1) is 0 Å². The molecule has 1 rings (SSSR count). The molecule has 102 valence electrons. The van der Waals surface area contributed by atoms with E-state index in [1.165, 1.54) is 12.3 Å². The lowest BCUT2D eigenvalue weighted by atomic mass is 10.3. The molecular formula is C12H18ClNO2S2. The standard InChI is InChI=1S/C12H18ClNO2S2/c1-3-17-8-4-7-14-12-9-10(18(2,15)16)5-6-11(12)13/h5-6,9,14H,3-4,7-8H2,1-2H3. The van der Waals surface area contributed by atoms with Crippen molar-refractivity contribution in [1.29, 1.82) is 0 Å². The molecule has 0 heterocycles. The van der Waals surface area contributed by atoms with Crippen molar-refractivity contribution in [3.05, 3.63) is 23.2 Å². The van der Waals surface area contributed by atoms with Gasteiger partial charge in [0.2, 0.25) is 0 Å². The highest BCUT2D eigenvalue weighted by Gasteiger charge is 2.09. The van der Waals surface area contributed by atoms with E-state index in [9.17, 15) is 8.42 Å². The zero-order valence-electron chi connectivity index (χ0n) is 10.6. The lowest BCUT2D eigenvalue weighted by Gasteiger charge is -2.09. The fraction of sp³-hybridized carbons (Fsp3) is 0.500. The van der Waals surface area contributed by atoms with Gasteiger partial charge in [0.05, 0.1) is 15.6 Å². The minimum Gasteiger partial charge on any atom is -0.384 e. The monoisotopic (exact) mass is 307 g/mol. The Morgan fingerprint density at radius 3 is 2.72 bits per heavy atom. The van der Waals surface area contributed by atoms with Crippen LogP contribution >= 0.6 is 23.4 Å². The zero-order valence-corrected chi connectivity index (χ0v) is 13.0. The van der Waals surface area contributed by atoms with Gasteiger partial charge in [0.25, 0.3) is 0 Å². The quantitative estimate of drug-likeness (QED) is 0.785. The molecule has 0 radical (unpaired) electrons. The van der Waals surface area contributed by atoms with Gasteiger partial charge in [0, 0.05) is 12.8 Å². The highest BCUT2D eigenvalue weighted by atomic mass is 35.5. The summed E-state index contributed by atoms with van der Waals surface area (Å²) in [5.41, 5.74) is 0.682. The van der Waals surface area contributed by atoms with E-state index in [1.54, 1.807) is 12.1 Å². The van der Waals surface area contributed by atoms with Gasteiger partial charge in [-0.3, -0.25) is 0 Å². The van der Waals surface area contributed by atoms with Crippen LogP contribution in [0, 0.1) is 0 Å². The van der Waals surface area contributed by atoms with E-state index in [1.807, 2.05) is 11.8 Å². The minimum absolute atomic E-state index is 0.289. The number of hydrogen-bond donors (Lipinski definition) is 1. The Morgan fingerprint density at radius 1 is 1.39 bits per heavy atom. The Morgan fingerprint density at radius 2 is 2.11 bits per heavy atom. The van der Waals surface area contributed by atoms with Crippen LogP contribution in [0.1, 0.15) is 13.3 Å². The van der Waals surface area contributed by atoms with Crippen LogP contribution < -0.4 is 5.32 Å². The van der Waals surface area contributed by atoms with Gasteiger partial charge in [-0.2, -0.15) is 11.8 Å². The predicted molar refractivity (Wildman–Crippen MR) is 80.7 cm³/mol. The topological polar surface area (TPSA) is 46.2 Å². The van der Waals surface area contributed by atoms with E-state index in [2.05, 4.69) is 12.2 Å². The highest BCUT2D eigenvalue weighted by molar-refractivity contribution is 7.99. The van der Waals surface area contributed by atoms with Crippen LogP contribution in [-0.4, -0.2) is 32.7 Å². The van der Waals surface area contributed by atoms with Crippen molar-refractivity contribution >= 4 is 38.9 Å². The van der Waals surface area contributed by atoms with Crippen LogP contribution in [0.5, 0.6) is 0 Å². The van der Waals surface area contributed by atoms with Crippen molar-refractivity contribution in [3.63, 3.8) is 0 Å². The first-order valence-corrected chi connectivity index (χ1v) is 9.18. The molecule has 1 aromatic carbocycles. The molecule has 0 aliphatic rings. The van der Waals surface area contributed by atoms with Gasteiger partial charge >= 0.3 is 0 Å². The Labute approximate surface area is 118 Å². The van der Waals surface area contributed by atoms with E-state index >= 15 is 0 Å². The number of thioether (sulfide) groups is 1. The van der Waals surface area contributed by atoms with Crippen LogP contribution in [0.4, 0.5) is 5.69 Å². The summed E-state index contributed by atoms with van der Waals surface area (Å²) in [6.45, 7) is 2.92. The van der Waals surface area contributed by atoms with E-state index < -0.39 is 9.84 Å². The Hall–Kier alpha value is -0.390. The lowest BCUT2D eigenvalue weighted by molar-refractivity contribution is 0.602. The number of rotatable bonds is 7. The van der Waals surface area contributed by atoms with Crippen molar-refractivity contribution in [2.45, 2.75) is 18.2 Å². The fourth-order valence-corrected chi connectivity index (χ4v) is 2.88. The number of anilines is 1. The van der Waals surface area contributed by atoms with Crippen molar-refractivity contribution in [2.24, 2.45) is 0 Å². The molecule has 0 saturated carbocycles. The summed E-state index contributed by atoms with van der Waals surface area (Å²) >= 11 is 7.91. The summed E-state index contributed by atoms with van der Waals surface area (Å²) in [4.78, 5) is 0.289. The Kier molecular flexibility index (Phi) is 6.32. The number of nitrogens with one attached hydrogen (secondary N) is 1.